The first-order valence-corrected chi connectivity index (χ1v) is 10.8. The van der Waals surface area contributed by atoms with E-state index in [2.05, 4.69) is 32.7 Å². The van der Waals surface area contributed by atoms with E-state index in [1.165, 1.54) is 0 Å². The standard InChI is InChI=1S/C21H27N5O2S.HI/c1-21(2,3)28-20(27)25-9-10-26-17(13-25)12-23-19(26)22-11-16-14-29-18(24-16)15-7-5-4-6-8-15;/h4-8,14,17H,9-13H2,1-3H3,(H,22,23);1H. The van der Waals surface area contributed by atoms with Crippen molar-refractivity contribution < 1.29 is 9.53 Å². The molecule has 1 N–H and O–H groups in total. The molecule has 0 radical (unpaired) electrons. The summed E-state index contributed by atoms with van der Waals surface area (Å²) in [6.07, 6.45) is -0.241. The van der Waals surface area contributed by atoms with E-state index in [9.17, 15) is 4.79 Å². The number of nitrogens with zero attached hydrogens (tertiary/aromatic N) is 4. The van der Waals surface area contributed by atoms with Gasteiger partial charge in [-0.15, -0.1) is 35.3 Å². The molecule has 1 amide bonds. The number of nitrogens with one attached hydrogen (secondary N) is 1. The van der Waals surface area contributed by atoms with Crippen molar-refractivity contribution in [2.75, 3.05) is 26.2 Å². The van der Waals surface area contributed by atoms with Gasteiger partial charge in [0.2, 0.25) is 0 Å². The predicted molar refractivity (Wildman–Crippen MR) is 130 cm³/mol. The number of piperazine rings is 1. The molecule has 4 rings (SSSR count). The molecule has 1 fully saturated rings. The van der Waals surface area contributed by atoms with E-state index in [0.29, 0.717) is 26.2 Å². The number of aromatic nitrogens is 1. The van der Waals surface area contributed by atoms with Crippen molar-refractivity contribution in [3.05, 3.63) is 41.4 Å². The minimum Gasteiger partial charge on any atom is -0.444 e. The quantitative estimate of drug-likeness (QED) is 0.599. The summed E-state index contributed by atoms with van der Waals surface area (Å²) in [6, 6.07) is 10.4. The third kappa shape index (κ3) is 5.42. The first-order valence-electron chi connectivity index (χ1n) is 9.92. The molecule has 2 aliphatic heterocycles. The Balaban J connectivity index is 0.00000256. The van der Waals surface area contributed by atoms with Crippen LogP contribution >= 0.6 is 35.3 Å². The minimum atomic E-state index is -0.473. The third-order valence-electron chi connectivity index (χ3n) is 4.86. The van der Waals surface area contributed by atoms with Gasteiger partial charge in [-0.05, 0) is 20.8 Å². The monoisotopic (exact) mass is 541 g/mol. The minimum absolute atomic E-state index is 0. The van der Waals surface area contributed by atoms with Gasteiger partial charge in [-0.3, -0.25) is 4.99 Å². The number of halogens is 1. The number of amides is 1. The van der Waals surface area contributed by atoms with Crippen molar-refractivity contribution in [2.45, 2.75) is 39.0 Å². The lowest BCUT2D eigenvalue weighted by Crippen LogP contribution is -2.57. The van der Waals surface area contributed by atoms with Crippen molar-refractivity contribution in [2.24, 2.45) is 4.99 Å². The van der Waals surface area contributed by atoms with E-state index in [0.717, 1.165) is 28.8 Å². The summed E-state index contributed by atoms with van der Waals surface area (Å²) in [5.74, 6) is 0.896. The summed E-state index contributed by atoms with van der Waals surface area (Å²) in [7, 11) is 0. The number of carbonyl (C=O) groups excluding carboxylic acids is 1. The second kappa shape index (κ2) is 9.51. The molecule has 7 nitrogen and oxygen atoms in total. The van der Waals surface area contributed by atoms with Gasteiger partial charge in [0, 0.05) is 30.6 Å². The second-order valence-corrected chi connectivity index (χ2v) is 9.16. The number of hydrogen-bond donors (Lipinski definition) is 1. The van der Waals surface area contributed by atoms with Crippen LogP contribution in [-0.2, 0) is 11.3 Å². The molecule has 0 spiro atoms. The maximum atomic E-state index is 12.3. The number of hydrogen-bond acceptors (Lipinski definition) is 7. The lowest BCUT2D eigenvalue weighted by molar-refractivity contribution is 0.0137. The molecule has 3 heterocycles. The van der Waals surface area contributed by atoms with Gasteiger partial charge in [0.1, 0.15) is 10.6 Å². The van der Waals surface area contributed by atoms with Gasteiger partial charge < -0.3 is 19.9 Å². The average Bonchev–Trinajstić information content (AvgIpc) is 3.32. The van der Waals surface area contributed by atoms with Crippen LogP contribution in [0.2, 0.25) is 0 Å². The number of carbonyl (C=O) groups is 1. The van der Waals surface area contributed by atoms with E-state index in [4.69, 9.17) is 9.72 Å². The largest absolute Gasteiger partial charge is 0.444 e. The Bertz CT molecular complexity index is 896. The first kappa shape index (κ1) is 22.8. The van der Waals surface area contributed by atoms with Gasteiger partial charge in [-0.1, -0.05) is 30.3 Å². The number of thiazole rings is 1. The SMILES string of the molecule is CC(C)(C)OC(=O)N1CCN2C(NCc3csc(-c4ccccc4)n3)=NCC2C1.I. The van der Waals surface area contributed by atoms with Gasteiger partial charge in [0.05, 0.1) is 24.8 Å². The molecule has 1 atom stereocenters. The topological polar surface area (TPSA) is 70.1 Å². The second-order valence-electron chi connectivity index (χ2n) is 8.30. The van der Waals surface area contributed by atoms with Crippen molar-refractivity contribution in [1.82, 2.24) is 20.1 Å². The highest BCUT2D eigenvalue weighted by atomic mass is 127. The maximum Gasteiger partial charge on any atom is 0.410 e. The summed E-state index contributed by atoms with van der Waals surface area (Å²) >= 11 is 1.65. The molecule has 1 aromatic heterocycles. The summed E-state index contributed by atoms with van der Waals surface area (Å²) in [5.41, 5.74) is 1.67. The van der Waals surface area contributed by atoms with E-state index in [1.807, 2.05) is 39.0 Å². The smallest absolute Gasteiger partial charge is 0.410 e. The fraction of sp³-hybridized carbons (Fsp3) is 0.476. The van der Waals surface area contributed by atoms with E-state index in [1.54, 1.807) is 16.2 Å². The Kier molecular flexibility index (Phi) is 7.22. The lowest BCUT2D eigenvalue weighted by atomic mass is 10.2. The molecule has 1 saturated heterocycles. The van der Waals surface area contributed by atoms with Crippen LogP contribution in [-0.4, -0.2) is 64.7 Å². The zero-order valence-electron chi connectivity index (χ0n) is 17.5. The molecule has 162 valence electrons. The number of fused-ring (bicyclic) bond motifs is 1. The fourth-order valence-corrected chi connectivity index (χ4v) is 4.32. The highest BCUT2D eigenvalue weighted by molar-refractivity contribution is 14.0. The van der Waals surface area contributed by atoms with Gasteiger partial charge in [-0.25, -0.2) is 9.78 Å². The fourth-order valence-electron chi connectivity index (χ4n) is 3.49. The lowest BCUT2D eigenvalue weighted by Gasteiger charge is -2.39. The third-order valence-corrected chi connectivity index (χ3v) is 5.80. The normalized spacial score (nSPS) is 18.4. The van der Waals surface area contributed by atoms with E-state index < -0.39 is 5.60 Å². The Labute approximate surface area is 198 Å². The number of aliphatic imine (C=N–C) groups is 1. The zero-order chi connectivity index (χ0) is 20.4. The molecule has 2 aromatic rings. The maximum absolute atomic E-state index is 12.3. The molecule has 1 unspecified atom stereocenters. The molecule has 9 heteroatoms. The summed E-state index contributed by atoms with van der Waals surface area (Å²) in [6.45, 7) is 9.03. The van der Waals surface area contributed by atoms with Crippen LogP contribution in [0.4, 0.5) is 4.79 Å². The number of rotatable bonds is 3. The number of benzene rings is 1. The van der Waals surface area contributed by atoms with Crippen LogP contribution in [0.25, 0.3) is 10.6 Å². The van der Waals surface area contributed by atoms with Crippen molar-refractivity contribution in [3.8, 4) is 10.6 Å². The molecule has 30 heavy (non-hydrogen) atoms. The summed E-state index contributed by atoms with van der Waals surface area (Å²) < 4.78 is 5.50. The van der Waals surface area contributed by atoms with Crippen molar-refractivity contribution in [3.63, 3.8) is 0 Å². The van der Waals surface area contributed by atoms with Crippen LogP contribution in [0.3, 0.4) is 0 Å². The Morgan fingerprint density at radius 1 is 1.27 bits per heavy atom. The van der Waals surface area contributed by atoms with Crippen LogP contribution in [0.15, 0.2) is 40.7 Å². The van der Waals surface area contributed by atoms with E-state index >= 15 is 0 Å². The van der Waals surface area contributed by atoms with Gasteiger partial charge >= 0.3 is 6.09 Å². The van der Waals surface area contributed by atoms with Gasteiger partial charge in [-0.2, -0.15) is 0 Å². The highest BCUT2D eigenvalue weighted by Crippen LogP contribution is 2.23. The molecule has 0 saturated carbocycles. The predicted octanol–water partition coefficient (Wildman–Crippen LogP) is 3.81. The molecule has 1 aromatic carbocycles. The first-order chi connectivity index (χ1) is 13.9. The molecule has 0 bridgehead atoms. The Hall–Kier alpha value is -1.88. The highest BCUT2D eigenvalue weighted by Gasteiger charge is 2.36. The van der Waals surface area contributed by atoms with Crippen LogP contribution < -0.4 is 5.32 Å². The van der Waals surface area contributed by atoms with Crippen molar-refractivity contribution >= 4 is 47.4 Å². The zero-order valence-corrected chi connectivity index (χ0v) is 20.6. The number of guanidine groups is 1. The summed E-state index contributed by atoms with van der Waals surface area (Å²) in [5, 5.41) is 6.54. The molecule has 0 aliphatic carbocycles. The van der Waals surface area contributed by atoms with Gasteiger partial charge in [0.25, 0.3) is 0 Å². The Morgan fingerprint density at radius 3 is 2.77 bits per heavy atom. The van der Waals surface area contributed by atoms with Crippen LogP contribution in [0.5, 0.6) is 0 Å². The average molecular weight is 541 g/mol. The van der Waals surface area contributed by atoms with E-state index in [-0.39, 0.29) is 36.1 Å². The van der Waals surface area contributed by atoms with Crippen LogP contribution in [0, 0.1) is 0 Å². The molecular weight excluding hydrogens is 513 g/mol. The molecule has 2 aliphatic rings. The Morgan fingerprint density at radius 2 is 2.03 bits per heavy atom. The van der Waals surface area contributed by atoms with Crippen molar-refractivity contribution in [1.29, 1.82) is 0 Å². The molecular formula is C21H28IN5O2S. The number of ether oxygens (including phenoxy) is 1. The summed E-state index contributed by atoms with van der Waals surface area (Å²) in [4.78, 5) is 25.8. The van der Waals surface area contributed by atoms with Crippen LogP contribution in [0.1, 0.15) is 26.5 Å². The van der Waals surface area contributed by atoms with Gasteiger partial charge in [0.15, 0.2) is 5.96 Å².